The molecule has 2 rings (SSSR count). The van der Waals surface area contributed by atoms with Crippen LogP contribution in [0.3, 0.4) is 0 Å². The largest absolute Gasteiger partial charge is 0.347 e. The number of amides is 3. The van der Waals surface area contributed by atoms with Gasteiger partial charge in [-0.3, -0.25) is 14.4 Å². The van der Waals surface area contributed by atoms with Crippen molar-refractivity contribution in [3.8, 4) is 0 Å². The molecule has 0 bridgehead atoms. The number of piperidine rings is 1. The van der Waals surface area contributed by atoms with Crippen LogP contribution in [0.25, 0.3) is 0 Å². The lowest BCUT2D eigenvalue weighted by Crippen LogP contribution is -2.43. The molecular formula is C17H22BrN3O3. The van der Waals surface area contributed by atoms with Gasteiger partial charge in [-0.2, -0.15) is 0 Å². The fraction of sp³-hybridized carbons (Fsp3) is 0.471. The number of carbonyl (C=O) groups is 3. The van der Waals surface area contributed by atoms with Crippen molar-refractivity contribution in [2.24, 2.45) is 5.92 Å². The molecule has 130 valence electrons. The number of rotatable bonds is 4. The average Bonchev–Trinajstić information content (AvgIpc) is 2.55. The second-order valence-corrected chi connectivity index (χ2v) is 6.92. The van der Waals surface area contributed by atoms with Crippen LogP contribution in [0.15, 0.2) is 22.7 Å². The number of aryl methyl sites for hydroxylation is 1. The van der Waals surface area contributed by atoms with E-state index in [-0.39, 0.29) is 30.2 Å². The predicted octanol–water partition coefficient (Wildman–Crippen LogP) is 2.07. The fourth-order valence-corrected chi connectivity index (χ4v) is 3.21. The van der Waals surface area contributed by atoms with Crippen LogP contribution in [0.1, 0.15) is 25.3 Å². The van der Waals surface area contributed by atoms with E-state index in [4.69, 9.17) is 0 Å². The lowest BCUT2D eigenvalue weighted by Gasteiger charge is -2.30. The molecule has 1 aliphatic rings. The molecule has 0 aliphatic carbocycles. The quantitative estimate of drug-likeness (QED) is 0.818. The number of carbonyl (C=O) groups excluding carboxylic acids is 3. The SMILES string of the molecule is CC(=O)N1CCC(C(=O)NCC(=O)Nc2ccc(Br)cc2C)CC1. The predicted molar refractivity (Wildman–Crippen MR) is 95.5 cm³/mol. The van der Waals surface area contributed by atoms with Crippen molar-refractivity contribution >= 4 is 39.3 Å². The molecule has 0 atom stereocenters. The van der Waals surface area contributed by atoms with Crippen LogP contribution >= 0.6 is 15.9 Å². The topological polar surface area (TPSA) is 78.5 Å². The summed E-state index contributed by atoms with van der Waals surface area (Å²) in [6.45, 7) is 4.58. The lowest BCUT2D eigenvalue weighted by atomic mass is 9.96. The van der Waals surface area contributed by atoms with Gasteiger partial charge in [0, 0.05) is 36.1 Å². The minimum atomic E-state index is -0.255. The maximum atomic E-state index is 12.1. The van der Waals surface area contributed by atoms with Gasteiger partial charge in [0.25, 0.3) is 0 Å². The van der Waals surface area contributed by atoms with Crippen LogP contribution in [0.5, 0.6) is 0 Å². The summed E-state index contributed by atoms with van der Waals surface area (Å²) < 4.78 is 0.947. The van der Waals surface area contributed by atoms with E-state index in [1.807, 2.05) is 25.1 Å². The van der Waals surface area contributed by atoms with Crippen molar-refractivity contribution in [2.75, 3.05) is 25.0 Å². The Hall–Kier alpha value is -1.89. The smallest absolute Gasteiger partial charge is 0.243 e. The zero-order chi connectivity index (χ0) is 17.7. The van der Waals surface area contributed by atoms with Crippen LogP contribution in [0.4, 0.5) is 5.69 Å². The molecule has 0 radical (unpaired) electrons. The molecule has 7 heteroatoms. The minimum Gasteiger partial charge on any atom is -0.347 e. The zero-order valence-electron chi connectivity index (χ0n) is 13.9. The first kappa shape index (κ1) is 18.4. The Bertz CT molecular complexity index is 640. The van der Waals surface area contributed by atoms with Crippen molar-refractivity contribution in [3.63, 3.8) is 0 Å². The van der Waals surface area contributed by atoms with Crippen LogP contribution in [0.2, 0.25) is 0 Å². The molecule has 0 spiro atoms. The van der Waals surface area contributed by atoms with Crippen molar-refractivity contribution < 1.29 is 14.4 Å². The van der Waals surface area contributed by atoms with Crippen LogP contribution in [-0.4, -0.2) is 42.3 Å². The number of nitrogens with one attached hydrogen (secondary N) is 2. The number of halogens is 1. The average molecular weight is 396 g/mol. The van der Waals surface area contributed by atoms with E-state index >= 15 is 0 Å². The number of hydrogen-bond acceptors (Lipinski definition) is 3. The molecule has 1 saturated heterocycles. The van der Waals surface area contributed by atoms with Crippen molar-refractivity contribution in [1.82, 2.24) is 10.2 Å². The summed E-state index contributed by atoms with van der Waals surface area (Å²) >= 11 is 3.38. The highest BCUT2D eigenvalue weighted by Crippen LogP contribution is 2.20. The van der Waals surface area contributed by atoms with Crippen LogP contribution < -0.4 is 10.6 Å². The molecule has 2 N–H and O–H groups in total. The molecule has 24 heavy (non-hydrogen) atoms. The molecule has 1 aromatic rings. The van der Waals surface area contributed by atoms with E-state index in [1.165, 1.54) is 6.92 Å². The first-order chi connectivity index (χ1) is 11.4. The molecule has 1 fully saturated rings. The Morgan fingerprint density at radius 1 is 1.25 bits per heavy atom. The van der Waals surface area contributed by atoms with E-state index in [0.717, 1.165) is 15.7 Å². The summed E-state index contributed by atoms with van der Waals surface area (Å²) in [5.41, 5.74) is 1.67. The normalized spacial score (nSPS) is 15.0. The lowest BCUT2D eigenvalue weighted by molar-refractivity contribution is -0.134. The number of hydrogen-bond donors (Lipinski definition) is 2. The van der Waals surface area contributed by atoms with Gasteiger partial charge in [0.15, 0.2) is 0 Å². The summed E-state index contributed by atoms with van der Waals surface area (Å²) in [7, 11) is 0. The fourth-order valence-electron chi connectivity index (χ4n) is 2.73. The summed E-state index contributed by atoms with van der Waals surface area (Å²) in [6, 6.07) is 5.58. The van der Waals surface area contributed by atoms with E-state index in [2.05, 4.69) is 26.6 Å². The van der Waals surface area contributed by atoms with Gasteiger partial charge in [-0.25, -0.2) is 0 Å². The minimum absolute atomic E-state index is 0.0399. The summed E-state index contributed by atoms with van der Waals surface area (Å²) in [4.78, 5) is 37.2. The second-order valence-electron chi connectivity index (χ2n) is 6.01. The molecule has 1 aliphatic heterocycles. The summed E-state index contributed by atoms with van der Waals surface area (Å²) in [6.07, 6.45) is 1.28. The van der Waals surface area contributed by atoms with Gasteiger partial charge in [-0.15, -0.1) is 0 Å². The van der Waals surface area contributed by atoms with Gasteiger partial charge >= 0.3 is 0 Å². The van der Waals surface area contributed by atoms with E-state index in [0.29, 0.717) is 25.9 Å². The zero-order valence-corrected chi connectivity index (χ0v) is 15.5. The standard InChI is InChI=1S/C17H22BrN3O3/c1-11-9-14(18)3-4-15(11)20-16(23)10-19-17(24)13-5-7-21(8-6-13)12(2)22/h3-4,9,13H,5-8,10H2,1-2H3,(H,19,24)(H,20,23). The number of benzene rings is 1. The third kappa shape index (κ3) is 5.06. The van der Waals surface area contributed by atoms with Crippen LogP contribution in [0, 0.1) is 12.8 Å². The second kappa shape index (κ2) is 8.28. The Kier molecular flexibility index (Phi) is 6.36. The number of anilines is 1. The molecule has 0 aromatic heterocycles. The summed E-state index contributed by atoms with van der Waals surface area (Å²) in [5.74, 6) is -0.475. The highest BCUT2D eigenvalue weighted by Gasteiger charge is 2.26. The Morgan fingerprint density at radius 3 is 2.50 bits per heavy atom. The molecule has 3 amide bonds. The Labute approximate surface area is 150 Å². The van der Waals surface area contributed by atoms with Gasteiger partial charge in [0.05, 0.1) is 6.54 Å². The van der Waals surface area contributed by atoms with Gasteiger partial charge in [-0.05, 0) is 43.5 Å². The third-order valence-electron chi connectivity index (χ3n) is 4.20. The number of nitrogens with zero attached hydrogens (tertiary/aromatic N) is 1. The van der Waals surface area contributed by atoms with Crippen molar-refractivity contribution in [2.45, 2.75) is 26.7 Å². The maximum absolute atomic E-state index is 12.1. The molecule has 0 saturated carbocycles. The molecule has 0 unspecified atom stereocenters. The first-order valence-electron chi connectivity index (χ1n) is 7.96. The van der Waals surface area contributed by atoms with Gasteiger partial charge < -0.3 is 15.5 Å². The number of likely N-dealkylation sites (tertiary alicyclic amines) is 1. The first-order valence-corrected chi connectivity index (χ1v) is 8.75. The van der Waals surface area contributed by atoms with Gasteiger partial charge in [-0.1, -0.05) is 15.9 Å². The maximum Gasteiger partial charge on any atom is 0.243 e. The van der Waals surface area contributed by atoms with Gasteiger partial charge in [0.1, 0.15) is 0 Å². The molecule has 1 heterocycles. The van der Waals surface area contributed by atoms with Crippen LogP contribution in [-0.2, 0) is 14.4 Å². The van der Waals surface area contributed by atoms with Crippen molar-refractivity contribution in [3.05, 3.63) is 28.2 Å². The molecular weight excluding hydrogens is 374 g/mol. The van der Waals surface area contributed by atoms with E-state index in [9.17, 15) is 14.4 Å². The highest BCUT2D eigenvalue weighted by molar-refractivity contribution is 9.10. The molecule has 6 nitrogen and oxygen atoms in total. The van der Waals surface area contributed by atoms with Gasteiger partial charge in [0.2, 0.25) is 17.7 Å². The van der Waals surface area contributed by atoms with E-state index in [1.54, 1.807) is 4.90 Å². The molecule has 1 aromatic carbocycles. The summed E-state index contributed by atoms with van der Waals surface area (Å²) in [5, 5.41) is 5.47. The van der Waals surface area contributed by atoms with E-state index < -0.39 is 0 Å². The van der Waals surface area contributed by atoms with Crippen molar-refractivity contribution in [1.29, 1.82) is 0 Å². The highest BCUT2D eigenvalue weighted by atomic mass is 79.9. The monoisotopic (exact) mass is 395 g/mol. The Balaban J connectivity index is 1.77. The third-order valence-corrected chi connectivity index (χ3v) is 4.69. The Morgan fingerprint density at radius 2 is 1.92 bits per heavy atom.